The zero-order chi connectivity index (χ0) is 15.2. The number of benzene rings is 1. The van der Waals surface area contributed by atoms with E-state index in [4.69, 9.17) is 9.84 Å². The van der Waals surface area contributed by atoms with Crippen molar-refractivity contribution in [1.29, 1.82) is 0 Å². The van der Waals surface area contributed by atoms with Gasteiger partial charge in [-0.05, 0) is 19.0 Å². The van der Waals surface area contributed by atoms with E-state index in [-0.39, 0.29) is 6.10 Å². The van der Waals surface area contributed by atoms with E-state index in [0.717, 1.165) is 31.5 Å². The highest BCUT2D eigenvalue weighted by Gasteiger charge is 2.22. The van der Waals surface area contributed by atoms with Crippen molar-refractivity contribution < 1.29 is 4.74 Å². The van der Waals surface area contributed by atoms with Crippen molar-refractivity contribution in [1.82, 2.24) is 15.1 Å². The summed E-state index contributed by atoms with van der Waals surface area (Å²) in [6.45, 7) is 5.28. The molecule has 0 fully saturated rings. The summed E-state index contributed by atoms with van der Waals surface area (Å²) in [5.74, 6) is 0. The van der Waals surface area contributed by atoms with Crippen LogP contribution in [-0.2, 0) is 18.2 Å². The first-order valence-corrected chi connectivity index (χ1v) is 7.88. The maximum Gasteiger partial charge on any atom is 0.0728 e. The Kier molecular flexibility index (Phi) is 5.76. The molecule has 2 atom stereocenters. The highest BCUT2D eigenvalue weighted by molar-refractivity contribution is 5.81. The van der Waals surface area contributed by atoms with Gasteiger partial charge in [-0.2, -0.15) is 5.10 Å². The van der Waals surface area contributed by atoms with Gasteiger partial charge in [0, 0.05) is 32.0 Å². The summed E-state index contributed by atoms with van der Waals surface area (Å²) in [6.07, 6.45) is 3.33. The van der Waals surface area contributed by atoms with Crippen molar-refractivity contribution in [2.24, 2.45) is 7.05 Å². The zero-order valence-electron chi connectivity index (χ0n) is 13.6. The molecule has 0 bridgehead atoms. The van der Waals surface area contributed by atoms with Gasteiger partial charge in [-0.15, -0.1) is 0 Å². The number of nitrogens with one attached hydrogen (secondary N) is 1. The van der Waals surface area contributed by atoms with Gasteiger partial charge >= 0.3 is 0 Å². The summed E-state index contributed by atoms with van der Waals surface area (Å²) < 4.78 is 7.67. The third kappa shape index (κ3) is 3.63. The number of hydrogen-bond acceptors (Lipinski definition) is 3. The number of hydrogen-bond donors (Lipinski definition) is 1. The summed E-state index contributed by atoms with van der Waals surface area (Å²) in [4.78, 5) is 0. The molecule has 2 unspecified atom stereocenters. The molecule has 1 heterocycles. The third-order valence-electron chi connectivity index (χ3n) is 4.04. The Morgan fingerprint density at radius 3 is 2.71 bits per heavy atom. The van der Waals surface area contributed by atoms with E-state index in [0.29, 0.717) is 6.04 Å². The number of nitrogens with zero attached hydrogens (tertiary/aromatic N) is 2. The topological polar surface area (TPSA) is 39.1 Å². The lowest BCUT2D eigenvalue weighted by Gasteiger charge is -2.26. The molecular weight excluding hydrogens is 262 g/mol. The number of aromatic nitrogens is 2. The Bertz CT molecular complexity index is 564. The second kappa shape index (κ2) is 7.57. The molecule has 4 heteroatoms. The molecule has 0 aliphatic carbocycles. The van der Waals surface area contributed by atoms with Crippen LogP contribution in [0.3, 0.4) is 0 Å². The normalized spacial score (nSPS) is 14.5. The lowest BCUT2D eigenvalue weighted by molar-refractivity contribution is 0.0611. The molecule has 0 saturated heterocycles. The van der Waals surface area contributed by atoms with Gasteiger partial charge < -0.3 is 10.1 Å². The predicted octanol–water partition coefficient (Wildman–Crippen LogP) is 2.91. The van der Waals surface area contributed by atoms with Crippen LogP contribution in [0.25, 0.3) is 10.9 Å². The van der Waals surface area contributed by atoms with E-state index in [1.165, 1.54) is 10.9 Å². The summed E-state index contributed by atoms with van der Waals surface area (Å²) >= 11 is 0. The van der Waals surface area contributed by atoms with E-state index < -0.39 is 0 Å². The van der Waals surface area contributed by atoms with Gasteiger partial charge in [0.2, 0.25) is 0 Å². The Labute approximate surface area is 127 Å². The van der Waals surface area contributed by atoms with Gasteiger partial charge in [0.25, 0.3) is 0 Å². The van der Waals surface area contributed by atoms with Crippen molar-refractivity contribution in [3.05, 3.63) is 30.0 Å². The molecule has 1 N–H and O–H groups in total. The van der Waals surface area contributed by atoms with E-state index in [1.807, 2.05) is 11.7 Å². The van der Waals surface area contributed by atoms with Crippen molar-refractivity contribution in [2.75, 3.05) is 13.7 Å². The van der Waals surface area contributed by atoms with Crippen LogP contribution in [0.4, 0.5) is 0 Å². The van der Waals surface area contributed by atoms with Crippen LogP contribution in [0.5, 0.6) is 0 Å². The van der Waals surface area contributed by atoms with Crippen LogP contribution in [0, 0.1) is 0 Å². The minimum Gasteiger partial charge on any atom is -0.380 e. The first-order chi connectivity index (χ1) is 10.2. The Morgan fingerprint density at radius 1 is 1.29 bits per heavy atom. The summed E-state index contributed by atoms with van der Waals surface area (Å²) in [7, 11) is 3.81. The van der Waals surface area contributed by atoms with Gasteiger partial charge in [0.05, 0.1) is 17.3 Å². The van der Waals surface area contributed by atoms with Crippen LogP contribution >= 0.6 is 0 Å². The molecule has 116 valence electrons. The number of rotatable bonds is 8. The van der Waals surface area contributed by atoms with Crippen LogP contribution in [0.2, 0.25) is 0 Å². The Hall–Kier alpha value is -1.39. The SMILES string of the molecule is CCCC(OC)C(Cc1nn(C)c2ccccc12)NCC. The smallest absolute Gasteiger partial charge is 0.0728 e. The number of methoxy groups -OCH3 is 1. The first kappa shape index (κ1) is 16.0. The number of fused-ring (bicyclic) bond motifs is 1. The van der Waals surface area contributed by atoms with Gasteiger partial charge in [-0.3, -0.25) is 4.68 Å². The lowest BCUT2D eigenvalue weighted by Crippen LogP contribution is -2.42. The molecule has 0 aliphatic rings. The Morgan fingerprint density at radius 2 is 2.05 bits per heavy atom. The van der Waals surface area contributed by atoms with Gasteiger partial charge in [-0.25, -0.2) is 0 Å². The van der Waals surface area contributed by atoms with Crippen LogP contribution < -0.4 is 5.32 Å². The Balaban J connectivity index is 2.26. The molecule has 0 spiro atoms. The number of aryl methyl sites for hydroxylation is 1. The van der Waals surface area contributed by atoms with Gasteiger partial charge in [0.15, 0.2) is 0 Å². The molecular formula is C17H27N3O. The van der Waals surface area contributed by atoms with E-state index in [9.17, 15) is 0 Å². The maximum atomic E-state index is 5.70. The van der Waals surface area contributed by atoms with Crippen molar-refractivity contribution in [2.45, 2.75) is 45.3 Å². The number of likely N-dealkylation sites (N-methyl/N-ethyl adjacent to an activating group) is 1. The van der Waals surface area contributed by atoms with E-state index in [1.54, 1.807) is 7.11 Å². The van der Waals surface area contributed by atoms with E-state index >= 15 is 0 Å². The number of ether oxygens (including phenoxy) is 1. The van der Waals surface area contributed by atoms with Crippen molar-refractivity contribution in [3.63, 3.8) is 0 Å². The summed E-state index contributed by atoms with van der Waals surface area (Å²) in [6, 6.07) is 8.72. The molecule has 0 amide bonds. The lowest BCUT2D eigenvalue weighted by atomic mass is 9.99. The average molecular weight is 289 g/mol. The second-order valence-corrected chi connectivity index (χ2v) is 5.52. The first-order valence-electron chi connectivity index (χ1n) is 7.88. The molecule has 0 saturated carbocycles. The summed E-state index contributed by atoms with van der Waals surface area (Å²) in [5.41, 5.74) is 2.34. The number of para-hydroxylation sites is 1. The van der Waals surface area contributed by atoms with Gasteiger partial charge in [-0.1, -0.05) is 38.5 Å². The quantitative estimate of drug-likeness (QED) is 0.812. The van der Waals surface area contributed by atoms with Crippen LogP contribution in [0.1, 0.15) is 32.4 Å². The predicted molar refractivity (Wildman–Crippen MR) is 87.6 cm³/mol. The molecule has 1 aromatic heterocycles. The summed E-state index contributed by atoms with van der Waals surface area (Å²) in [5, 5.41) is 9.52. The standard InChI is InChI=1S/C17H27N3O/c1-5-9-17(21-4)15(18-6-2)12-14-13-10-7-8-11-16(13)20(3)19-14/h7-8,10-11,15,17-18H,5-6,9,12H2,1-4H3. The highest BCUT2D eigenvalue weighted by Crippen LogP contribution is 2.20. The van der Waals surface area contributed by atoms with E-state index in [2.05, 4.69) is 43.4 Å². The minimum atomic E-state index is 0.232. The fourth-order valence-electron chi connectivity index (χ4n) is 3.01. The molecule has 2 aromatic rings. The largest absolute Gasteiger partial charge is 0.380 e. The van der Waals surface area contributed by atoms with Crippen LogP contribution in [-0.4, -0.2) is 35.6 Å². The monoisotopic (exact) mass is 289 g/mol. The highest BCUT2D eigenvalue weighted by atomic mass is 16.5. The maximum absolute atomic E-state index is 5.70. The average Bonchev–Trinajstić information content (AvgIpc) is 2.81. The fourth-order valence-corrected chi connectivity index (χ4v) is 3.01. The zero-order valence-corrected chi connectivity index (χ0v) is 13.6. The molecule has 0 radical (unpaired) electrons. The molecule has 1 aromatic carbocycles. The van der Waals surface area contributed by atoms with Gasteiger partial charge in [0.1, 0.15) is 0 Å². The van der Waals surface area contributed by atoms with Crippen molar-refractivity contribution >= 4 is 10.9 Å². The van der Waals surface area contributed by atoms with Crippen molar-refractivity contribution in [3.8, 4) is 0 Å². The molecule has 0 aliphatic heterocycles. The second-order valence-electron chi connectivity index (χ2n) is 5.52. The minimum absolute atomic E-state index is 0.232. The molecule has 21 heavy (non-hydrogen) atoms. The fraction of sp³-hybridized carbons (Fsp3) is 0.588. The van der Waals surface area contributed by atoms with Crippen LogP contribution in [0.15, 0.2) is 24.3 Å². The third-order valence-corrected chi connectivity index (χ3v) is 4.04. The molecule has 4 nitrogen and oxygen atoms in total. The molecule has 2 rings (SSSR count).